The van der Waals surface area contributed by atoms with E-state index in [0.717, 1.165) is 18.5 Å². The van der Waals surface area contributed by atoms with E-state index in [9.17, 15) is 10.1 Å². The van der Waals surface area contributed by atoms with E-state index in [4.69, 9.17) is 4.74 Å². The summed E-state index contributed by atoms with van der Waals surface area (Å²) in [6, 6.07) is 9.30. The molecule has 1 amide bonds. The Balaban J connectivity index is 2.03. The maximum absolute atomic E-state index is 11.2. The number of anilines is 1. The van der Waals surface area contributed by atoms with E-state index in [2.05, 4.69) is 21.7 Å². The molecule has 3 rings (SSSR count). The van der Waals surface area contributed by atoms with Gasteiger partial charge in [0.2, 0.25) is 5.91 Å². The molecule has 22 heavy (non-hydrogen) atoms. The SMILES string of the molecule is CC(=O)Nc1cccc(-n2nnc(C#N)c2C2CCCO2)c1. The van der Waals surface area contributed by atoms with Crippen molar-refractivity contribution in [1.82, 2.24) is 15.0 Å². The van der Waals surface area contributed by atoms with Crippen molar-refractivity contribution in [2.45, 2.75) is 25.9 Å². The maximum atomic E-state index is 11.2. The van der Waals surface area contributed by atoms with Gasteiger partial charge in [-0.3, -0.25) is 4.79 Å². The van der Waals surface area contributed by atoms with Gasteiger partial charge in [-0.25, -0.2) is 4.68 Å². The molecule has 1 aliphatic rings. The van der Waals surface area contributed by atoms with Crippen molar-refractivity contribution in [1.29, 1.82) is 5.26 Å². The van der Waals surface area contributed by atoms with Crippen LogP contribution in [0.25, 0.3) is 5.69 Å². The molecule has 1 atom stereocenters. The summed E-state index contributed by atoms with van der Waals surface area (Å²) in [7, 11) is 0. The average Bonchev–Trinajstić information content (AvgIpc) is 3.15. The first-order valence-electron chi connectivity index (χ1n) is 7.04. The molecule has 112 valence electrons. The largest absolute Gasteiger partial charge is 0.372 e. The number of rotatable bonds is 3. The van der Waals surface area contributed by atoms with Gasteiger partial charge in [0.25, 0.3) is 0 Å². The molecule has 1 aromatic carbocycles. The lowest BCUT2D eigenvalue weighted by molar-refractivity contribution is -0.114. The molecule has 1 saturated heterocycles. The van der Waals surface area contributed by atoms with Crippen LogP contribution in [0.15, 0.2) is 24.3 Å². The molecular formula is C15H15N5O2. The van der Waals surface area contributed by atoms with Crippen molar-refractivity contribution in [2.24, 2.45) is 0 Å². The van der Waals surface area contributed by atoms with Crippen LogP contribution in [0.5, 0.6) is 0 Å². The van der Waals surface area contributed by atoms with E-state index in [1.807, 2.05) is 12.1 Å². The van der Waals surface area contributed by atoms with Gasteiger partial charge in [-0.2, -0.15) is 5.26 Å². The van der Waals surface area contributed by atoms with E-state index < -0.39 is 0 Å². The fraction of sp³-hybridized carbons (Fsp3) is 0.333. The number of aromatic nitrogens is 3. The predicted octanol–water partition coefficient (Wildman–Crippen LogP) is 1.95. The van der Waals surface area contributed by atoms with Crippen LogP contribution < -0.4 is 5.32 Å². The minimum absolute atomic E-state index is 0.146. The van der Waals surface area contributed by atoms with Crippen molar-refractivity contribution >= 4 is 11.6 Å². The van der Waals surface area contributed by atoms with Crippen molar-refractivity contribution in [3.63, 3.8) is 0 Å². The maximum Gasteiger partial charge on any atom is 0.221 e. The number of nitriles is 1. The summed E-state index contributed by atoms with van der Waals surface area (Å²) in [5.74, 6) is -0.146. The lowest BCUT2D eigenvalue weighted by Crippen LogP contribution is -2.10. The monoisotopic (exact) mass is 297 g/mol. The number of amides is 1. The summed E-state index contributed by atoms with van der Waals surface area (Å²) in [6.07, 6.45) is 1.62. The van der Waals surface area contributed by atoms with Crippen LogP contribution in [0, 0.1) is 11.3 Å². The van der Waals surface area contributed by atoms with E-state index in [1.165, 1.54) is 6.92 Å². The Hall–Kier alpha value is -2.72. The molecule has 2 heterocycles. The third kappa shape index (κ3) is 2.69. The van der Waals surface area contributed by atoms with Gasteiger partial charge in [0.1, 0.15) is 17.9 Å². The highest BCUT2D eigenvalue weighted by molar-refractivity contribution is 5.88. The predicted molar refractivity (Wildman–Crippen MR) is 78.3 cm³/mol. The number of hydrogen-bond donors (Lipinski definition) is 1. The van der Waals surface area contributed by atoms with Gasteiger partial charge in [-0.05, 0) is 31.0 Å². The number of ether oxygens (including phenoxy) is 1. The summed E-state index contributed by atoms with van der Waals surface area (Å²) in [6.45, 7) is 2.13. The summed E-state index contributed by atoms with van der Waals surface area (Å²) in [5, 5.41) is 20.0. The number of hydrogen-bond acceptors (Lipinski definition) is 5. The van der Waals surface area contributed by atoms with Gasteiger partial charge in [0.15, 0.2) is 5.69 Å². The second-order valence-electron chi connectivity index (χ2n) is 5.08. The Labute approximate surface area is 127 Å². The Morgan fingerprint density at radius 2 is 2.41 bits per heavy atom. The number of benzene rings is 1. The highest BCUT2D eigenvalue weighted by Gasteiger charge is 2.27. The molecule has 2 aromatic rings. The smallest absolute Gasteiger partial charge is 0.221 e. The van der Waals surface area contributed by atoms with Gasteiger partial charge >= 0.3 is 0 Å². The molecule has 0 radical (unpaired) electrons. The van der Waals surface area contributed by atoms with Crippen LogP contribution in [0.4, 0.5) is 5.69 Å². The van der Waals surface area contributed by atoms with Gasteiger partial charge in [0.05, 0.1) is 5.69 Å². The van der Waals surface area contributed by atoms with E-state index in [0.29, 0.717) is 18.0 Å². The Kier molecular flexibility index (Phi) is 3.85. The molecule has 0 bridgehead atoms. The molecule has 0 saturated carbocycles. The first-order valence-corrected chi connectivity index (χ1v) is 7.04. The van der Waals surface area contributed by atoms with Crippen molar-refractivity contribution in [3.05, 3.63) is 35.7 Å². The average molecular weight is 297 g/mol. The molecule has 1 N–H and O–H groups in total. The summed E-state index contributed by atoms with van der Waals surface area (Å²) in [5.41, 5.74) is 2.33. The third-order valence-corrected chi connectivity index (χ3v) is 3.46. The Morgan fingerprint density at radius 3 is 3.09 bits per heavy atom. The minimum atomic E-state index is -0.172. The van der Waals surface area contributed by atoms with Crippen molar-refractivity contribution in [2.75, 3.05) is 11.9 Å². The number of carbonyl (C=O) groups is 1. The van der Waals surface area contributed by atoms with Crippen LogP contribution in [0.1, 0.15) is 37.3 Å². The summed E-state index contributed by atoms with van der Waals surface area (Å²) >= 11 is 0. The first kappa shape index (κ1) is 14.2. The number of nitrogens with zero attached hydrogens (tertiary/aromatic N) is 4. The molecule has 1 fully saturated rings. The van der Waals surface area contributed by atoms with Crippen LogP contribution in [-0.4, -0.2) is 27.5 Å². The quantitative estimate of drug-likeness (QED) is 0.934. The normalized spacial score (nSPS) is 17.2. The standard InChI is InChI=1S/C15H15N5O2/c1-10(21)17-11-4-2-5-12(8-11)20-15(13(9-16)18-19-20)14-6-3-7-22-14/h2,4-5,8,14H,3,6-7H2,1H3,(H,17,21). The lowest BCUT2D eigenvalue weighted by Gasteiger charge is -2.13. The van der Waals surface area contributed by atoms with E-state index >= 15 is 0 Å². The fourth-order valence-electron chi connectivity index (χ4n) is 2.56. The van der Waals surface area contributed by atoms with Gasteiger partial charge in [-0.1, -0.05) is 11.3 Å². The van der Waals surface area contributed by atoms with Gasteiger partial charge in [-0.15, -0.1) is 5.10 Å². The highest BCUT2D eigenvalue weighted by atomic mass is 16.5. The molecule has 7 heteroatoms. The molecule has 1 aromatic heterocycles. The third-order valence-electron chi connectivity index (χ3n) is 3.46. The molecule has 1 aliphatic heterocycles. The van der Waals surface area contributed by atoms with Crippen molar-refractivity contribution in [3.8, 4) is 11.8 Å². The minimum Gasteiger partial charge on any atom is -0.372 e. The molecule has 7 nitrogen and oxygen atoms in total. The zero-order valence-corrected chi connectivity index (χ0v) is 12.1. The zero-order chi connectivity index (χ0) is 15.5. The summed E-state index contributed by atoms with van der Waals surface area (Å²) in [4.78, 5) is 11.2. The molecular weight excluding hydrogens is 282 g/mol. The fourth-order valence-corrected chi connectivity index (χ4v) is 2.56. The van der Waals surface area contributed by atoms with Crippen molar-refractivity contribution < 1.29 is 9.53 Å². The van der Waals surface area contributed by atoms with Crippen LogP contribution in [0.3, 0.4) is 0 Å². The zero-order valence-electron chi connectivity index (χ0n) is 12.1. The topological polar surface area (TPSA) is 92.8 Å². The Bertz CT molecular complexity index is 741. The molecule has 0 aliphatic carbocycles. The van der Waals surface area contributed by atoms with Crippen LogP contribution in [0.2, 0.25) is 0 Å². The Morgan fingerprint density at radius 1 is 1.55 bits per heavy atom. The summed E-state index contributed by atoms with van der Waals surface area (Å²) < 4.78 is 7.29. The van der Waals surface area contributed by atoms with E-state index in [1.54, 1.807) is 16.8 Å². The lowest BCUT2D eigenvalue weighted by atomic mass is 10.1. The highest BCUT2D eigenvalue weighted by Crippen LogP contribution is 2.31. The van der Waals surface area contributed by atoms with Gasteiger partial charge in [0, 0.05) is 19.2 Å². The first-order chi connectivity index (χ1) is 10.7. The second-order valence-corrected chi connectivity index (χ2v) is 5.08. The van der Waals surface area contributed by atoms with Crippen LogP contribution >= 0.6 is 0 Å². The van der Waals surface area contributed by atoms with E-state index in [-0.39, 0.29) is 17.7 Å². The number of carbonyl (C=O) groups excluding carboxylic acids is 1. The molecule has 1 unspecified atom stereocenters. The van der Waals surface area contributed by atoms with Gasteiger partial charge < -0.3 is 10.1 Å². The van der Waals surface area contributed by atoms with Crippen LogP contribution in [-0.2, 0) is 9.53 Å². The molecule has 0 spiro atoms. The number of nitrogens with one attached hydrogen (secondary N) is 1. The second kappa shape index (κ2) is 5.95.